The van der Waals surface area contributed by atoms with E-state index in [0.717, 1.165) is 10.5 Å². The SMILES string of the molecule is CCOC(=O)c1c(C)nc2c(C(F)(F)F)cc(Cl)cn12. The highest BCUT2D eigenvalue weighted by Crippen LogP contribution is 2.34. The molecule has 0 atom stereocenters. The van der Waals surface area contributed by atoms with E-state index < -0.39 is 17.7 Å². The molecule has 20 heavy (non-hydrogen) atoms. The summed E-state index contributed by atoms with van der Waals surface area (Å²) >= 11 is 5.69. The number of alkyl halides is 3. The van der Waals surface area contributed by atoms with Crippen molar-refractivity contribution in [2.75, 3.05) is 6.61 Å². The summed E-state index contributed by atoms with van der Waals surface area (Å²) in [6.45, 7) is 3.15. The lowest BCUT2D eigenvalue weighted by atomic mass is 10.2. The number of imidazole rings is 1. The van der Waals surface area contributed by atoms with Gasteiger partial charge in [0.2, 0.25) is 0 Å². The number of ether oxygens (including phenoxy) is 1. The van der Waals surface area contributed by atoms with Crippen molar-refractivity contribution in [1.29, 1.82) is 0 Å². The number of esters is 1. The summed E-state index contributed by atoms with van der Waals surface area (Å²) in [5.41, 5.74) is -1.28. The quantitative estimate of drug-likeness (QED) is 0.798. The molecular formula is C12H10ClF3N2O2. The van der Waals surface area contributed by atoms with Crippen LogP contribution in [0.4, 0.5) is 13.2 Å². The topological polar surface area (TPSA) is 43.6 Å². The second-order valence-corrected chi connectivity index (χ2v) is 4.47. The molecule has 0 saturated heterocycles. The number of aromatic nitrogens is 2. The maximum atomic E-state index is 13.0. The molecule has 2 heterocycles. The first-order chi connectivity index (χ1) is 9.25. The summed E-state index contributed by atoms with van der Waals surface area (Å²) in [6.07, 6.45) is -3.41. The maximum absolute atomic E-state index is 13.0. The Morgan fingerprint density at radius 3 is 2.70 bits per heavy atom. The third kappa shape index (κ3) is 2.45. The Kier molecular flexibility index (Phi) is 3.64. The first kappa shape index (κ1) is 14.6. The van der Waals surface area contributed by atoms with Crippen molar-refractivity contribution in [3.63, 3.8) is 0 Å². The van der Waals surface area contributed by atoms with Gasteiger partial charge in [-0.15, -0.1) is 0 Å². The fraction of sp³-hybridized carbons (Fsp3) is 0.333. The molecule has 4 nitrogen and oxygen atoms in total. The van der Waals surface area contributed by atoms with E-state index in [9.17, 15) is 18.0 Å². The molecule has 0 saturated carbocycles. The highest BCUT2D eigenvalue weighted by Gasteiger charge is 2.35. The van der Waals surface area contributed by atoms with Gasteiger partial charge in [-0.05, 0) is 19.9 Å². The third-order valence-electron chi connectivity index (χ3n) is 2.64. The number of pyridine rings is 1. The molecule has 0 aliphatic rings. The summed E-state index contributed by atoms with van der Waals surface area (Å²) in [5, 5.41) is -0.146. The maximum Gasteiger partial charge on any atom is 0.420 e. The minimum absolute atomic E-state index is 0.0603. The molecule has 0 unspecified atom stereocenters. The highest BCUT2D eigenvalue weighted by atomic mass is 35.5. The van der Waals surface area contributed by atoms with E-state index in [1.807, 2.05) is 0 Å². The molecule has 0 fully saturated rings. The number of carbonyl (C=O) groups is 1. The van der Waals surface area contributed by atoms with Crippen LogP contribution in [-0.2, 0) is 10.9 Å². The monoisotopic (exact) mass is 306 g/mol. The Morgan fingerprint density at radius 1 is 1.50 bits per heavy atom. The van der Waals surface area contributed by atoms with Gasteiger partial charge in [-0.25, -0.2) is 9.78 Å². The normalized spacial score (nSPS) is 11.9. The average molecular weight is 307 g/mol. The zero-order valence-electron chi connectivity index (χ0n) is 10.6. The van der Waals surface area contributed by atoms with Gasteiger partial charge in [0, 0.05) is 6.20 Å². The lowest BCUT2D eigenvalue weighted by molar-refractivity contribution is -0.136. The zero-order chi connectivity index (χ0) is 15.1. The molecule has 0 N–H and O–H groups in total. The van der Waals surface area contributed by atoms with E-state index in [1.165, 1.54) is 13.1 Å². The summed E-state index contributed by atoms with van der Waals surface area (Å²) in [5.74, 6) is -0.743. The molecule has 2 rings (SSSR count). The predicted molar refractivity (Wildman–Crippen MR) is 65.9 cm³/mol. The van der Waals surface area contributed by atoms with Crippen molar-refractivity contribution >= 4 is 23.2 Å². The fourth-order valence-corrected chi connectivity index (χ4v) is 2.09. The van der Waals surface area contributed by atoms with Crippen LogP contribution in [0.5, 0.6) is 0 Å². The molecule has 0 aliphatic carbocycles. The van der Waals surface area contributed by atoms with E-state index >= 15 is 0 Å². The number of rotatable bonds is 2. The summed E-state index contributed by atoms with van der Waals surface area (Å²) in [7, 11) is 0. The van der Waals surface area contributed by atoms with Crippen LogP contribution in [-0.4, -0.2) is 22.0 Å². The Morgan fingerprint density at radius 2 is 2.15 bits per heavy atom. The van der Waals surface area contributed by atoms with Crippen molar-refractivity contribution in [3.8, 4) is 0 Å². The van der Waals surface area contributed by atoms with Gasteiger partial charge in [-0.2, -0.15) is 13.2 Å². The van der Waals surface area contributed by atoms with Crippen LogP contribution in [0.3, 0.4) is 0 Å². The first-order valence-corrected chi connectivity index (χ1v) is 6.06. The van der Waals surface area contributed by atoms with Crippen molar-refractivity contribution in [3.05, 3.63) is 34.2 Å². The van der Waals surface area contributed by atoms with Gasteiger partial charge in [-0.3, -0.25) is 4.40 Å². The standard InChI is InChI=1S/C12H10ClF3N2O2/c1-3-20-11(19)9-6(2)17-10-8(12(14,15)16)4-7(13)5-18(9)10/h4-5H,3H2,1-2H3. The first-order valence-electron chi connectivity index (χ1n) is 5.68. The summed E-state index contributed by atoms with van der Waals surface area (Å²) in [4.78, 5) is 15.6. The van der Waals surface area contributed by atoms with Gasteiger partial charge in [0.1, 0.15) is 11.2 Å². The molecule has 8 heteroatoms. The molecule has 0 radical (unpaired) electrons. The molecule has 0 bridgehead atoms. The summed E-state index contributed by atoms with van der Waals surface area (Å²) in [6, 6.07) is 0.776. The average Bonchev–Trinajstić information content (AvgIpc) is 2.63. The van der Waals surface area contributed by atoms with Gasteiger partial charge in [0.05, 0.1) is 17.3 Å². The molecular weight excluding hydrogens is 297 g/mol. The van der Waals surface area contributed by atoms with Crippen molar-refractivity contribution < 1.29 is 22.7 Å². The van der Waals surface area contributed by atoms with Crippen LogP contribution in [0.25, 0.3) is 5.65 Å². The van der Waals surface area contributed by atoms with Crippen LogP contribution < -0.4 is 0 Å². The number of hydrogen-bond acceptors (Lipinski definition) is 3. The van der Waals surface area contributed by atoms with Gasteiger partial charge >= 0.3 is 12.1 Å². The number of halogens is 4. The number of aryl methyl sites for hydroxylation is 1. The largest absolute Gasteiger partial charge is 0.461 e. The fourth-order valence-electron chi connectivity index (χ4n) is 1.88. The number of fused-ring (bicyclic) bond motifs is 1. The van der Waals surface area contributed by atoms with E-state index in [4.69, 9.17) is 16.3 Å². The number of hydrogen-bond donors (Lipinski definition) is 0. The lowest BCUT2D eigenvalue weighted by Gasteiger charge is -2.09. The van der Waals surface area contributed by atoms with Crippen LogP contribution in [0.1, 0.15) is 28.7 Å². The molecule has 0 aromatic carbocycles. The Balaban J connectivity index is 2.77. The van der Waals surface area contributed by atoms with Crippen molar-refractivity contribution in [1.82, 2.24) is 9.38 Å². The smallest absolute Gasteiger partial charge is 0.420 e. The zero-order valence-corrected chi connectivity index (χ0v) is 11.3. The van der Waals surface area contributed by atoms with E-state index in [0.29, 0.717) is 0 Å². The van der Waals surface area contributed by atoms with E-state index in [1.54, 1.807) is 6.92 Å². The molecule has 0 amide bonds. The van der Waals surface area contributed by atoms with Gasteiger partial charge < -0.3 is 4.74 Å². The Labute approximate surface area is 117 Å². The highest BCUT2D eigenvalue weighted by molar-refractivity contribution is 6.30. The van der Waals surface area contributed by atoms with Crippen LogP contribution >= 0.6 is 11.6 Å². The molecule has 2 aromatic rings. The minimum atomic E-state index is -4.62. The minimum Gasteiger partial charge on any atom is -0.461 e. The van der Waals surface area contributed by atoms with Crippen LogP contribution in [0.15, 0.2) is 12.3 Å². The van der Waals surface area contributed by atoms with Crippen LogP contribution in [0, 0.1) is 6.92 Å². The lowest BCUT2D eigenvalue weighted by Crippen LogP contribution is -2.12. The van der Waals surface area contributed by atoms with Gasteiger partial charge in [0.25, 0.3) is 0 Å². The van der Waals surface area contributed by atoms with E-state index in [2.05, 4.69) is 4.98 Å². The van der Waals surface area contributed by atoms with Crippen LogP contribution in [0.2, 0.25) is 5.02 Å². The van der Waals surface area contributed by atoms with Crippen molar-refractivity contribution in [2.24, 2.45) is 0 Å². The predicted octanol–water partition coefficient (Wildman–Crippen LogP) is 3.49. The third-order valence-corrected chi connectivity index (χ3v) is 2.84. The second kappa shape index (κ2) is 4.97. The van der Waals surface area contributed by atoms with Gasteiger partial charge in [-0.1, -0.05) is 11.6 Å². The molecule has 108 valence electrons. The molecule has 0 spiro atoms. The van der Waals surface area contributed by atoms with Crippen molar-refractivity contribution in [2.45, 2.75) is 20.0 Å². The van der Waals surface area contributed by atoms with E-state index in [-0.39, 0.29) is 28.7 Å². The number of carbonyl (C=O) groups excluding carboxylic acids is 1. The second-order valence-electron chi connectivity index (χ2n) is 4.03. The molecule has 0 aliphatic heterocycles. The Hall–Kier alpha value is -1.76. The number of nitrogens with zero attached hydrogens (tertiary/aromatic N) is 2. The molecule has 2 aromatic heterocycles. The summed E-state index contributed by atoms with van der Waals surface area (Å²) < 4.78 is 44.7. The van der Waals surface area contributed by atoms with Gasteiger partial charge in [0.15, 0.2) is 5.69 Å². The Bertz CT molecular complexity index is 679.